The molecular weight excluding hydrogens is 384 g/mol. The summed E-state index contributed by atoms with van der Waals surface area (Å²) in [4.78, 5) is 25.6. The fourth-order valence-electron chi connectivity index (χ4n) is 2.64. The number of halogens is 1. The molecule has 0 aliphatic carbocycles. The van der Waals surface area contributed by atoms with Crippen LogP contribution in [0.15, 0.2) is 78.5 Å². The molecule has 0 radical (unpaired) electrons. The van der Waals surface area contributed by atoms with Gasteiger partial charge in [0.05, 0.1) is 0 Å². The Kier molecular flexibility index (Phi) is 6.47. The first-order chi connectivity index (χ1) is 13.9. The maximum Gasteiger partial charge on any atom is 0.272 e. The van der Waals surface area contributed by atoms with E-state index in [4.69, 9.17) is 11.6 Å². The minimum absolute atomic E-state index is 0.101. The van der Waals surface area contributed by atoms with Gasteiger partial charge in [0.25, 0.3) is 11.8 Å². The third-order valence-electron chi connectivity index (χ3n) is 4.32. The number of aryl methyl sites for hydroxylation is 2. The van der Waals surface area contributed by atoms with Crippen LogP contribution in [0, 0.1) is 13.8 Å². The van der Waals surface area contributed by atoms with Crippen molar-refractivity contribution in [1.29, 1.82) is 0 Å². The van der Waals surface area contributed by atoms with Crippen molar-refractivity contribution in [3.63, 3.8) is 0 Å². The zero-order chi connectivity index (χ0) is 20.8. The number of hydrogen-bond donors (Lipinski definition) is 2. The summed E-state index contributed by atoms with van der Waals surface area (Å²) in [6.07, 6.45) is 1.57. The zero-order valence-electron chi connectivity index (χ0n) is 16.2. The van der Waals surface area contributed by atoms with Crippen molar-refractivity contribution >= 4 is 35.2 Å². The molecule has 0 aromatic heterocycles. The number of carbonyl (C=O) groups excluding carboxylic acids is 2. The molecule has 0 bridgehead atoms. The van der Waals surface area contributed by atoms with Gasteiger partial charge in [0.2, 0.25) is 0 Å². The highest BCUT2D eigenvalue weighted by Crippen LogP contribution is 2.19. The molecule has 2 N–H and O–H groups in total. The van der Waals surface area contributed by atoms with Gasteiger partial charge in [0, 0.05) is 16.3 Å². The van der Waals surface area contributed by atoms with Crippen molar-refractivity contribution in [2.45, 2.75) is 13.8 Å². The zero-order valence-corrected chi connectivity index (χ0v) is 17.0. The minimum atomic E-state index is -0.436. The average Bonchev–Trinajstić information content (AvgIpc) is 2.71. The summed E-state index contributed by atoms with van der Waals surface area (Å²) >= 11 is 6.23. The molecule has 4 nitrogen and oxygen atoms in total. The highest BCUT2D eigenvalue weighted by atomic mass is 35.5. The van der Waals surface area contributed by atoms with E-state index in [-0.39, 0.29) is 11.6 Å². The molecule has 0 heterocycles. The van der Waals surface area contributed by atoms with Crippen molar-refractivity contribution in [3.8, 4) is 0 Å². The Morgan fingerprint density at radius 3 is 2.03 bits per heavy atom. The first kappa shape index (κ1) is 20.4. The molecule has 0 saturated carbocycles. The summed E-state index contributed by atoms with van der Waals surface area (Å²) in [5.41, 5.74) is 3.96. The monoisotopic (exact) mass is 404 g/mol. The second kappa shape index (κ2) is 9.22. The van der Waals surface area contributed by atoms with Crippen LogP contribution in [0.2, 0.25) is 5.02 Å². The number of rotatable bonds is 5. The number of anilines is 1. The molecular formula is C24H21ClN2O2. The van der Waals surface area contributed by atoms with Gasteiger partial charge in [-0.2, -0.15) is 0 Å². The Morgan fingerprint density at radius 2 is 1.41 bits per heavy atom. The van der Waals surface area contributed by atoms with E-state index in [0.29, 0.717) is 21.8 Å². The van der Waals surface area contributed by atoms with Crippen molar-refractivity contribution in [3.05, 3.63) is 106 Å². The Labute approximate surface area is 175 Å². The van der Waals surface area contributed by atoms with Crippen LogP contribution in [0.5, 0.6) is 0 Å². The molecule has 0 fully saturated rings. The quantitative estimate of drug-likeness (QED) is 0.562. The van der Waals surface area contributed by atoms with Gasteiger partial charge < -0.3 is 10.6 Å². The van der Waals surface area contributed by atoms with E-state index in [1.54, 1.807) is 36.4 Å². The van der Waals surface area contributed by atoms with Gasteiger partial charge in [-0.1, -0.05) is 65.2 Å². The minimum Gasteiger partial charge on any atom is -0.321 e. The molecule has 0 saturated heterocycles. The van der Waals surface area contributed by atoms with Crippen LogP contribution in [0.1, 0.15) is 27.0 Å². The highest BCUT2D eigenvalue weighted by Gasteiger charge is 2.15. The molecule has 3 rings (SSSR count). The van der Waals surface area contributed by atoms with Crippen LogP contribution < -0.4 is 10.6 Å². The van der Waals surface area contributed by atoms with Gasteiger partial charge >= 0.3 is 0 Å². The van der Waals surface area contributed by atoms with E-state index < -0.39 is 5.91 Å². The summed E-state index contributed by atoms with van der Waals surface area (Å²) in [5, 5.41) is 6.01. The summed E-state index contributed by atoms with van der Waals surface area (Å²) in [6.45, 7) is 3.91. The van der Waals surface area contributed by atoms with Crippen molar-refractivity contribution in [2.24, 2.45) is 0 Å². The van der Waals surface area contributed by atoms with Crippen LogP contribution in [0.25, 0.3) is 6.08 Å². The third-order valence-corrected chi connectivity index (χ3v) is 4.67. The Morgan fingerprint density at radius 1 is 0.828 bits per heavy atom. The summed E-state index contributed by atoms with van der Waals surface area (Å²) in [6, 6.07) is 21.7. The summed E-state index contributed by atoms with van der Waals surface area (Å²) < 4.78 is 0. The van der Waals surface area contributed by atoms with E-state index in [0.717, 1.165) is 11.1 Å². The van der Waals surface area contributed by atoms with Crippen LogP contribution in [0.3, 0.4) is 0 Å². The number of nitrogens with one attached hydrogen (secondary N) is 2. The van der Waals surface area contributed by atoms with E-state index in [9.17, 15) is 9.59 Å². The standard InChI is InChI=1S/C24H21ClN2O2/c1-16-7-11-18(12-8-16)23(28)27-22(15-19-5-3-4-6-21(19)25)24(29)26-20-13-9-17(2)10-14-20/h3-15H,1-2H3,(H,26,29)(H,27,28)/b22-15-. The first-order valence-corrected chi connectivity index (χ1v) is 9.52. The normalized spacial score (nSPS) is 11.1. The fourth-order valence-corrected chi connectivity index (χ4v) is 2.83. The topological polar surface area (TPSA) is 58.2 Å². The third kappa shape index (κ3) is 5.56. The van der Waals surface area contributed by atoms with Gasteiger partial charge in [-0.05, 0) is 55.8 Å². The highest BCUT2D eigenvalue weighted by molar-refractivity contribution is 6.32. The predicted octanol–water partition coefficient (Wildman–Crippen LogP) is 5.37. The van der Waals surface area contributed by atoms with Crippen LogP contribution in [-0.2, 0) is 4.79 Å². The van der Waals surface area contributed by atoms with Gasteiger partial charge in [-0.3, -0.25) is 9.59 Å². The van der Waals surface area contributed by atoms with Crippen LogP contribution >= 0.6 is 11.6 Å². The SMILES string of the molecule is Cc1ccc(NC(=O)/C(=C/c2ccccc2Cl)NC(=O)c2ccc(C)cc2)cc1. The number of carbonyl (C=O) groups is 2. The van der Waals surface area contributed by atoms with E-state index in [1.165, 1.54) is 0 Å². The smallest absolute Gasteiger partial charge is 0.272 e. The molecule has 29 heavy (non-hydrogen) atoms. The lowest BCUT2D eigenvalue weighted by Crippen LogP contribution is -2.30. The number of hydrogen-bond acceptors (Lipinski definition) is 2. The Hall–Kier alpha value is -3.37. The lowest BCUT2D eigenvalue weighted by molar-refractivity contribution is -0.113. The maximum atomic E-state index is 12.9. The van der Waals surface area contributed by atoms with Gasteiger partial charge in [0.1, 0.15) is 5.70 Å². The molecule has 3 aromatic rings. The second-order valence-electron chi connectivity index (χ2n) is 6.72. The summed E-state index contributed by atoms with van der Waals surface area (Å²) in [7, 11) is 0. The molecule has 0 unspecified atom stereocenters. The molecule has 3 aromatic carbocycles. The maximum absolute atomic E-state index is 12.9. The first-order valence-electron chi connectivity index (χ1n) is 9.14. The predicted molar refractivity (Wildman–Crippen MR) is 118 cm³/mol. The Balaban J connectivity index is 1.89. The van der Waals surface area contributed by atoms with E-state index in [1.807, 2.05) is 56.3 Å². The van der Waals surface area contributed by atoms with Gasteiger partial charge in [0.15, 0.2) is 0 Å². The Bertz CT molecular complexity index is 1050. The average molecular weight is 405 g/mol. The number of benzene rings is 3. The molecule has 0 aliphatic rings. The van der Waals surface area contributed by atoms with Crippen molar-refractivity contribution in [1.82, 2.24) is 5.32 Å². The molecule has 146 valence electrons. The van der Waals surface area contributed by atoms with Gasteiger partial charge in [-0.15, -0.1) is 0 Å². The molecule has 0 aliphatic heterocycles. The van der Waals surface area contributed by atoms with Crippen molar-refractivity contribution < 1.29 is 9.59 Å². The van der Waals surface area contributed by atoms with E-state index >= 15 is 0 Å². The number of amides is 2. The largest absolute Gasteiger partial charge is 0.321 e. The van der Waals surface area contributed by atoms with Gasteiger partial charge in [-0.25, -0.2) is 0 Å². The van der Waals surface area contributed by atoms with Crippen LogP contribution in [-0.4, -0.2) is 11.8 Å². The molecule has 5 heteroatoms. The summed E-state index contributed by atoms with van der Waals surface area (Å²) in [5.74, 6) is -0.809. The van der Waals surface area contributed by atoms with Crippen LogP contribution in [0.4, 0.5) is 5.69 Å². The fraction of sp³-hybridized carbons (Fsp3) is 0.0833. The molecule has 0 spiro atoms. The lowest BCUT2D eigenvalue weighted by Gasteiger charge is -2.12. The van der Waals surface area contributed by atoms with E-state index in [2.05, 4.69) is 10.6 Å². The molecule has 0 atom stereocenters. The molecule has 2 amide bonds. The second-order valence-corrected chi connectivity index (χ2v) is 7.13. The lowest BCUT2D eigenvalue weighted by atomic mass is 10.1. The van der Waals surface area contributed by atoms with Crippen molar-refractivity contribution in [2.75, 3.05) is 5.32 Å².